The number of carbonyl (C=O) groups excluding carboxylic acids is 3. The second-order valence-electron chi connectivity index (χ2n) is 7.54. The van der Waals surface area contributed by atoms with Crippen molar-refractivity contribution in [3.8, 4) is 5.75 Å². The zero-order valence-corrected chi connectivity index (χ0v) is 16.5. The molecule has 1 atom stereocenters. The third-order valence-electron chi connectivity index (χ3n) is 4.51. The smallest absolute Gasteiger partial charge is 0.290 e. The Hall–Kier alpha value is -3.09. The second kappa shape index (κ2) is 7.50. The molecule has 7 heteroatoms. The van der Waals surface area contributed by atoms with Crippen LogP contribution in [0, 0.1) is 0 Å². The van der Waals surface area contributed by atoms with E-state index in [0.717, 1.165) is 4.90 Å². The van der Waals surface area contributed by atoms with Crippen LogP contribution >= 0.6 is 0 Å². The molecule has 2 aromatic rings. The first-order chi connectivity index (χ1) is 13.2. The summed E-state index contributed by atoms with van der Waals surface area (Å²) in [6.07, 6.45) is 1.33. The Bertz CT molecular complexity index is 865. The van der Waals surface area contributed by atoms with E-state index < -0.39 is 23.4 Å². The fraction of sp³-hybridized carbons (Fsp3) is 0.381. The van der Waals surface area contributed by atoms with Crippen LogP contribution in [0.4, 0.5) is 5.69 Å². The van der Waals surface area contributed by atoms with Gasteiger partial charge in [-0.25, -0.2) is 4.90 Å². The molecule has 1 unspecified atom stereocenters. The molecule has 0 radical (unpaired) electrons. The van der Waals surface area contributed by atoms with E-state index in [1.807, 2.05) is 27.7 Å². The average molecular weight is 384 g/mol. The van der Waals surface area contributed by atoms with Crippen LogP contribution in [0.2, 0.25) is 0 Å². The van der Waals surface area contributed by atoms with Gasteiger partial charge in [-0.3, -0.25) is 14.4 Å². The van der Waals surface area contributed by atoms with Gasteiger partial charge in [-0.1, -0.05) is 0 Å². The lowest BCUT2D eigenvalue weighted by Gasteiger charge is -2.38. The van der Waals surface area contributed by atoms with E-state index >= 15 is 0 Å². The van der Waals surface area contributed by atoms with Gasteiger partial charge in [0.2, 0.25) is 5.91 Å². The van der Waals surface area contributed by atoms with Gasteiger partial charge >= 0.3 is 0 Å². The largest absolute Gasteiger partial charge is 0.494 e. The predicted molar refractivity (Wildman–Crippen MR) is 103 cm³/mol. The first-order valence-corrected chi connectivity index (χ1v) is 9.21. The summed E-state index contributed by atoms with van der Waals surface area (Å²) in [7, 11) is 0. The zero-order chi connectivity index (χ0) is 20.5. The summed E-state index contributed by atoms with van der Waals surface area (Å²) in [6, 6.07) is 9.02. The van der Waals surface area contributed by atoms with Gasteiger partial charge in [0, 0.05) is 5.54 Å². The summed E-state index contributed by atoms with van der Waals surface area (Å²) < 4.78 is 10.6. The van der Waals surface area contributed by atoms with E-state index in [1.165, 1.54) is 11.2 Å². The lowest BCUT2D eigenvalue weighted by Crippen LogP contribution is -2.54. The van der Waals surface area contributed by atoms with Gasteiger partial charge in [-0.15, -0.1) is 0 Å². The molecule has 28 heavy (non-hydrogen) atoms. The molecule has 0 saturated carbocycles. The monoisotopic (exact) mass is 384 g/mol. The molecule has 3 amide bonds. The van der Waals surface area contributed by atoms with Gasteiger partial charge in [0.05, 0.1) is 25.0 Å². The number of nitrogens with zero attached hydrogens (tertiary/aromatic N) is 2. The lowest BCUT2D eigenvalue weighted by atomic mass is 10.0. The van der Waals surface area contributed by atoms with Crippen molar-refractivity contribution in [2.45, 2.75) is 45.7 Å². The van der Waals surface area contributed by atoms with Crippen LogP contribution in [0.1, 0.15) is 44.7 Å². The maximum absolute atomic E-state index is 13.1. The van der Waals surface area contributed by atoms with E-state index in [9.17, 15) is 14.4 Å². The Labute approximate surface area is 163 Å². The number of carbonyl (C=O) groups is 3. The van der Waals surface area contributed by atoms with Crippen molar-refractivity contribution in [1.29, 1.82) is 0 Å². The lowest BCUT2D eigenvalue weighted by molar-refractivity contribution is -0.123. The molecule has 0 bridgehead atoms. The predicted octanol–water partition coefficient (Wildman–Crippen LogP) is 3.25. The first kappa shape index (κ1) is 19.7. The summed E-state index contributed by atoms with van der Waals surface area (Å²) in [5.41, 5.74) is -0.223. The number of rotatable bonds is 5. The number of imide groups is 1. The third-order valence-corrected chi connectivity index (χ3v) is 4.51. The Morgan fingerprint density at radius 3 is 2.43 bits per heavy atom. The number of hydrogen-bond donors (Lipinski definition) is 0. The molecule has 1 aliphatic rings. The van der Waals surface area contributed by atoms with Gasteiger partial charge < -0.3 is 14.1 Å². The van der Waals surface area contributed by atoms with E-state index in [-0.39, 0.29) is 18.1 Å². The van der Waals surface area contributed by atoms with Crippen molar-refractivity contribution in [3.63, 3.8) is 0 Å². The molecule has 0 aliphatic carbocycles. The fourth-order valence-corrected chi connectivity index (χ4v) is 3.38. The Morgan fingerprint density at radius 2 is 1.89 bits per heavy atom. The molecule has 148 valence electrons. The van der Waals surface area contributed by atoms with Crippen LogP contribution in [0.3, 0.4) is 0 Å². The Morgan fingerprint density at radius 1 is 1.21 bits per heavy atom. The van der Waals surface area contributed by atoms with Crippen LogP contribution in [0.5, 0.6) is 5.75 Å². The van der Waals surface area contributed by atoms with Crippen LogP contribution in [-0.4, -0.2) is 40.8 Å². The summed E-state index contributed by atoms with van der Waals surface area (Å²) in [5, 5.41) is 0. The molecule has 1 aromatic heterocycles. The number of ether oxygens (including phenoxy) is 1. The van der Waals surface area contributed by atoms with Gasteiger partial charge in [-0.05, 0) is 64.1 Å². The number of hydrogen-bond acceptors (Lipinski definition) is 5. The molecular weight excluding hydrogens is 360 g/mol. The molecule has 1 aliphatic heterocycles. The van der Waals surface area contributed by atoms with Gasteiger partial charge in [0.15, 0.2) is 5.76 Å². The Balaban J connectivity index is 1.91. The number of anilines is 1. The SMILES string of the molecule is CCOc1ccc(N2C(=O)CC(N(C(=O)c3ccco3)C(C)(C)C)C2=O)cc1. The summed E-state index contributed by atoms with van der Waals surface area (Å²) in [4.78, 5) is 41.3. The van der Waals surface area contributed by atoms with Crippen LogP contribution in [0.15, 0.2) is 47.1 Å². The van der Waals surface area contributed by atoms with E-state index in [1.54, 1.807) is 36.4 Å². The molecule has 1 aromatic carbocycles. The Kier molecular flexibility index (Phi) is 5.27. The van der Waals surface area contributed by atoms with Crippen molar-refractivity contribution in [1.82, 2.24) is 4.90 Å². The normalized spacial score (nSPS) is 17.1. The highest BCUT2D eigenvalue weighted by atomic mass is 16.5. The average Bonchev–Trinajstić information content (AvgIpc) is 3.24. The van der Waals surface area contributed by atoms with E-state index in [2.05, 4.69) is 0 Å². The first-order valence-electron chi connectivity index (χ1n) is 9.21. The summed E-state index contributed by atoms with van der Waals surface area (Å²) in [6.45, 7) is 7.88. The van der Waals surface area contributed by atoms with Crippen molar-refractivity contribution in [3.05, 3.63) is 48.4 Å². The molecule has 0 spiro atoms. The highest BCUT2D eigenvalue weighted by Crippen LogP contribution is 2.31. The van der Waals surface area contributed by atoms with Crippen LogP contribution < -0.4 is 9.64 Å². The minimum Gasteiger partial charge on any atom is -0.494 e. The highest BCUT2D eigenvalue weighted by molar-refractivity contribution is 6.23. The number of amides is 3. The molecule has 7 nitrogen and oxygen atoms in total. The van der Waals surface area contributed by atoms with E-state index in [4.69, 9.17) is 9.15 Å². The number of benzene rings is 1. The van der Waals surface area contributed by atoms with Crippen molar-refractivity contribution in [2.24, 2.45) is 0 Å². The highest BCUT2D eigenvalue weighted by Gasteiger charge is 2.48. The van der Waals surface area contributed by atoms with Crippen LogP contribution in [-0.2, 0) is 9.59 Å². The number of furan rings is 1. The molecular formula is C21H24N2O5. The van der Waals surface area contributed by atoms with Crippen molar-refractivity contribution in [2.75, 3.05) is 11.5 Å². The topological polar surface area (TPSA) is 80.1 Å². The molecule has 3 rings (SSSR count). The molecule has 2 heterocycles. The minimum absolute atomic E-state index is 0.0736. The standard InChI is InChI=1S/C21H24N2O5/c1-5-27-15-10-8-14(9-11-15)22-18(24)13-16(19(22)25)23(21(2,3)4)20(26)17-7-6-12-28-17/h6-12,16H,5,13H2,1-4H3. The molecule has 1 fully saturated rings. The zero-order valence-electron chi connectivity index (χ0n) is 16.5. The summed E-state index contributed by atoms with van der Waals surface area (Å²) >= 11 is 0. The maximum Gasteiger partial charge on any atom is 0.290 e. The van der Waals surface area contributed by atoms with Crippen molar-refractivity contribution >= 4 is 23.4 Å². The third kappa shape index (κ3) is 3.65. The molecule has 0 N–H and O–H groups in total. The van der Waals surface area contributed by atoms with Gasteiger partial charge in [-0.2, -0.15) is 0 Å². The quantitative estimate of drug-likeness (QED) is 0.740. The van der Waals surface area contributed by atoms with Gasteiger partial charge in [0.25, 0.3) is 11.8 Å². The van der Waals surface area contributed by atoms with Crippen LogP contribution in [0.25, 0.3) is 0 Å². The molecule has 1 saturated heterocycles. The minimum atomic E-state index is -0.892. The fourth-order valence-electron chi connectivity index (χ4n) is 3.38. The van der Waals surface area contributed by atoms with Crippen molar-refractivity contribution < 1.29 is 23.5 Å². The maximum atomic E-state index is 13.1. The van der Waals surface area contributed by atoms with E-state index in [0.29, 0.717) is 18.0 Å². The summed E-state index contributed by atoms with van der Waals surface area (Å²) in [5.74, 6) is -0.400. The van der Waals surface area contributed by atoms with Gasteiger partial charge in [0.1, 0.15) is 11.8 Å². The second-order valence-corrected chi connectivity index (χ2v) is 7.54.